The summed E-state index contributed by atoms with van der Waals surface area (Å²) in [6.07, 6.45) is -0.155. The van der Waals surface area contributed by atoms with Crippen LogP contribution in [0.3, 0.4) is 0 Å². The maximum Gasteiger partial charge on any atom is 0.305 e. The van der Waals surface area contributed by atoms with Gasteiger partial charge in [0.05, 0.1) is 13.0 Å². The number of amides is 4. The first-order valence-corrected chi connectivity index (χ1v) is 11.9. The largest absolute Gasteiger partial charge is 0.481 e. The number of aliphatic imine (C=N–C) groups is 1. The summed E-state index contributed by atoms with van der Waals surface area (Å²) in [4.78, 5) is 69.9. The van der Waals surface area contributed by atoms with E-state index in [0.29, 0.717) is 6.42 Å². The highest BCUT2D eigenvalue weighted by Crippen LogP contribution is 2.34. The predicted octanol–water partition coefficient (Wildman–Crippen LogP) is -1.78. The summed E-state index contributed by atoms with van der Waals surface area (Å²) in [5, 5.41) is 17.2. The first-order valence-electron chi connectivity index (χ1n) is 11.9. The fraction of sp³-hybridized carbons (Fsp3) is 0.500. The Labute approximate surface area is 214 Å². The molecule has 3 aliphatic heterocycles. The smallest absolute Gasteiger partial charge is 0.305 e. The molecular weight excluding hydrogens is 482 g/mol. The lowest BCUT2D eigenvalue weighted by atomic mass is 9.78. The van der Waals surface area contributed by atoms with Crippen LogP contribution in [-0.4, -0.2) is 81.8 Å². The molecule has 0 spiro atoms. The highest BCUT2D eigenvalue weighted by Gasteiger charge is 2.59. The van der Waals surface area contributed by atoms with Gasteiger partial charge < -0.3 is 37.4 Å². The van der Waals surface area contributed by atoms with E-state index in [-0.39, 0.29) is 31.9 Å². The van der Waals surface area contributed by atoms with Gasteiger partial charge >= 0.3 is 5.97 Å². The summed E-state index contributed by atoms with van der Waals surface area (Å²) in [5.74, 6) is -4.03. The van der Waals surface area contributed by atoms with Crippen LogP contribution in [0.15, 0.2) is 35.3 Å². The third kappa shape index (κ3) is 6.16. The highest BCUT2D eigenvalue weighted by atomic mass is 16.4. The van der Waals surface area contributed by atoms with Crippen molar-refractivity contribution in [3.63, 3.8) is 0 Å². The van der Waals surface area contributed by atoms with Crippen molar-refractivity contribution in [1.82, 2.24) is 20.9 Å². The van der Waals surface area contributed by atoms with Gasteiger partial charge in [0.15, 0.2) is 5.96 Å². The minimum atomic E-state index is -1.47. The molecule has 1 aromatic carbocycles. The molecule has 3 heterocycles. The Morgan fingerprint density at radius 2 is 1.76 bits per heavy atom. The monoisotopic (exact) mass is 515 g/mol. The summed E-state index contributed by atoms with van der Waals surface area (Å²) in [6.45, 7) is 3.33. The molecule has 3 saturated heterocycles. The molecule has 1 aromatic rings. The zero-order chi connectivity index (χ0) is 27.4. The molecule has 13 nitrogen and oxygen atoms in total. The molecule has 0 saturated carbocycles. The van der Waals surface area contributed by atoms with Gasteiger partial charge in [0, 0.05) is 13.0 Å². The number of benzene rings is 1. The Balaban J connectivity index is 1.94. The van der Waals surface area contributed by atoms with E-state index in [0.717, 1.165) is 5.56 Å². The standard InChI is InChI=1S/C24H33N7O6/c1-23(2)20(36)29-15(9-6-10-27-22(25)26)18(34)28-16(11-17(32)33)19(35)30-24(13-31(23)21(24)37)12-14-7-4-3-5-8-14/h3-5,7-8,15-16H,6,9-13H2,1-2H3,(H,28,34)(H,29,36)(H,30,35)(H,32,33)(H4,25,26,27)/t15-,16-,24-/m0/s1. The van der Waals surface area contributed by atoms with Gasteiger partial charge in [-0.15, -0.1) is 0 Å². The van der Waals surface area contributed by atoms with Crippen LogP contribution in [0.4, 0.5) is 0 Å². The second kappa shape index (κ2) is 10.8. The molecule has 0 aromatic heterocycles. The number of guanidine groups is 1. The molecule has 4 rings (SSSR count). The molecule has 3 fully saturated rings. The van der Waals surface area contributed by atoms with E-state index in [9.17, 15) is 29.1 Å². The van der Waals surface area contributed by atoms with Crippen molar-refractivity contribution >= 4 is 35.6 Å². The number of β-lactam (4-membered cyclic amide) rings is 1. The second-order valence-electron chi connectivity index (χ2n) is 9.82. The molecule has 37 heavy (non-hydrogen) atoms. The SMILES string of the molecule is CC1(C)C(=O)N[C@@H](CCCN=C(N)N)C(=O)N[C@@H](CC(=O)O)C(=O)N[C@@]2(Cc3ccccc3)CN1C2=O. The molecule has 0 aliphatic carbocycles. The lowest BCUT2D eigenvalue weighted by Crippen LogP contribution is -2.81. The molecule has 8 N–H and O–H groups in total. The number of fused-ring (bicyclic) bond motifs is 8. The summed E-state index contributed by atoms with van der Waals surface area (Å²) in [7, 11) is 0. The van der Waals surface area contributed by atoms with Gasteiger partial charge in [-0.2, -0.15) is 0 Å². The van der Waals surface area contributed by atoms with E-state index in [1.54, 1.807) is 38.1 Å². The normalized spacial score (nSPS) is 25.4. The van der Waals surface area contributed by atoms with Crippen molar-refractivity contribution in [1.29, 1.82) is 0 Å². The zero-order valence-electron chi connectivity index (χ0n) is 20.8. The van der Waals surface area contributed by atoms with Crippen molar-refractivity contribution in [2.75, 3.05) is 13.1 Å². The average molecular weight is 516 g/mol. The molecule has 0 unspecified atom stereocenters. The summed E-state index contributed by atoms with van der Waals surface area (Å²) in [6, 6.07) is 6.42. The van der Waals surface area contributed by atoms with Crippen molar-refractivity contribution in [3.8, 4) is 0 Å². The number of nitrogens with zero attached hydrogens (tertiary/aromatic N) is 2. The van der Waals surface area contributed by atoms with Gasteiger partial charge in [0.25, 0.3) is 5.91 Å². The molecule has 3 atom stereocenters. The maximum atomic E-state index is 13.6. The van der Waals surface area contributed by atoms with Crippen LogP contribution in [0.2, 0.25) is 0 Å². The number of nitrogens with two attached hydrogens (primary N) is 2. The second-order valence-corrected chi connectivity index (χ2v) is 9.82. The number of rotatable bonds is 8. The van der Waals surface area contributed by atoms with Gasteiger partial charge in [0.1, 0.15) is 23.2 Å². The number of carbonyl (C=O) groups is 5. The summed E-state index contributed by atoms with van der Waals surface area (Å²) in [5.41, 5.74) is 8.69. The Morgan fingerprint density at radius 3 is 2.35 bits per heavy atom. The average Bonchev–Trinajstić information content (AvgIpc) is 2.82. The van der Waals surface area contributed by atoms with E-state index >= 15 is 0 Å². The Bertz CT molecular complexity index is 1100. The zero-order valence-corrected chi connectivity index (χ0v) is 20.8. The Kier molecular flexibility index (Phi) is 8.04. The molecule has 2 bridgehead atoms. The number of carboxylic acids is 1. The Morgan fingerprint density at radius 1 is 1.08 bits per heavy atom. The number of nitrogens with one attached hydrogen (secondary N) is 3. The van der Waals surface area contributed by atoms with Gasteiger partial charge in [-0.05, 0) is 32.3 Å². The topological polar surface area (TPSA) is 209 Å². The number of aliphatic carboxylic acids is 1. The Hall–Kier alpha value is -4.16. The highest BCUT2D eigenvalue weighted by molar-refractivity contribution is 6.04. The van der Waals surface area contributed by atoms with Crippen LogP contribution in [0, 0.1) is 0 Å². The number of hydrogen-bond acceptors (Lipinski definition) is 6. The fourth-order valence-electron chi connectivity index (χ4n) is 4.45. The van der Waals surface area contributed by atoms with Crippen molar-refractivity contribution in [2.24, 2.45) is 16.5 Å². The number of carboxylic acid groups (broad SMARTS) is 1. The third-order valence-electron chi connectivity index (χ3n) is 6.60. The third-order valence-corrected chi connectivity index (χ3v) is 6.60. The van der Waals surface area contributed by atoms with E-state index in [1.807, 2.05) is 6.07 Å². The van der Waals surface area contributed by atoms with Gasteiger partial charge in [-0.25, -0.2) is 0 Å². The van der Waals surface area contributed by atoms with Gasteiger partial charge in [-0.3, -0.25) is 29.0 Å². The molecule has 0 radical (unpaired) electrons. The molecular formula is C24H33N7O6. The predicted molar refractivity (Wildman–Crippen MR) is 133 cm³/mol. The molecule has 13 heteroatoms. The molecule has 200 valence electrons. The van der Waals surface area contributed by atoms with E-state index < -0.39 is 59.2 Å². The summed E-state index contributed by atoms with van der Waals surface area (Å²) >= 11 is 0. The fourth-order valence-corrected chi connectivity index (χ4v) is 4.45. The quantitative estimate of drug-likeness (QED) is 0.0764. The molecule has 3 aliphatic rings. The maximum absolute atomic E-state index is 13.6. The van der Waals surface area contributed by atoms with E-state index in [2.05, 4.69) is 20.9 Å². The van der Waals surface area contributed by atoms with Gasteiger partial charge in [-0.1, -0.05) is 30.3 Å². The van der Waals surface area contributed by atoms with Crippen LogP contribution in [0.25, 0.3) is 0 Å². The van der Waals surface area contributed by atoms with E-state index in [4.69, 9.17) is 11.5 Å². The van der Waals surface area contributed by atoms with Crippen LogP contribution in [0.5, 0.6) is 0 Å². The van der Waals surface area contributed by atoms with Crippen molar-refractivity contribution in [2.45, 2.75) is 62.7 Å². The number of carbonyl (C=O) groups excluding carboxylic acids is 4. The first-order chi connectivity index (χ1) is 17.4. The minimum absolute atomic E-state index is 0.0236. The van der Waals surface area contributed by atoms with Gasteiger partial charge in [0.2, 0.25) is 17.7 Å². The summed E-state index contributed by atoms with van der Waals surface area (Å²) < 4.78 is 0. The minimum Gasteiger partial charge on any atom is -0.481 e. The lowest BCUT2D eigenvalue weighted by Gasteiger charge is -2.55. The van der Waals surface area contributed by atoms with Crippen LogP contribution in [-0.2, 0) is 30.4 Å². The number of hydrogen-bond donors (Lipinski definition) is 6. The van der Waals surface area contributed by atoms with Crippen LogP contribution in [0.1, 0.15) is 38.7 Å². The van der Waals surface area contributed by atoms with E-state index in [1.165, 1.54) is 4.90 Å². The lowest BCUT2D eigenvalue weighted by molar-refractivity contribution is -0.169. The van der Waals surface area contributed by atoms with Crippen molar-refractivity contribution < 1.29 is 29.1 Å². The van der Waals surface area contributed by atoms with Crippen molar-refractivity contribution in [3.05, 3.63) is 35.9 Å². The van der Waals surface area contributed by atoms with Crippen LogP contribution >= 0.6 is 0 Å². The van der Waals surface area contributed by atoms with Crippen LogP contribution < -0.4 is 27.4 Å². The first kappa shape index (κ1) is 27.4. The molecule has 4 amide bonds.